The van der Waals surface area contributed by atoms with Crippen molar-refractivity contribution in [2.75, 3.05) is 7.11 Å². The summed E-state index contributed by atoms with van der Waals surface area (Å²) in [6.07, 6.45) is 2.63. The second-order valence-electron chi connectivity index (χ2n) is 4.20. The third-order valence-corrected chi connectivity index (χ3v) is 2.82. The summed E-state index contributed by atoms with van der Waals surface area (Å²) in [7, 11) is 1.45. The van der Waals surface area contributed by atoms with E-state index in [1.807, 2.05) is 6.07 Å². The van der Waals surface area contributed by atoms with Gasteiger partial charge in [-0.1, -0.05) is 24.3 Å². The average Bonchev–Trinajstić information content (AvgIpc) is 2.57. The van der Waals surface area contributed by atoms with Crippen LogP contribution in [0.3, 0.4) is 0 Å². The zero-order valence-corrected chi connectivity index (χ0v) is 12.3. The number of hydrogen-bond donors (Lipinski definition) is 2. The van der Waals surface area contributed by atoms with E-state index in [2.05, 4.69) is 4.85 Å². The Hall–Kier alpha value is -3.37. The fraction of sp³-hybridized carbons (Fsp3) is 0.118. The van der Waals surface area contributed by atoms with E-state index < -0.39 is 6.29 Å². The number of nitrogens with zero attached hydrogens (tertiary/aromatic N) is 3. The fourth-order valence-electron chi connectivity index (χ4n) is 1.77. The monoisotopic (exact) mass is 307 g/mol. The van der Waals surface area contributed by atoms with Gasteiger partial charge in [0, 0.05) is 11.1 Å². The van der Waals surface area contributed by atoms with Crippen molar-refractivity contribution in [1.29, 1.82) is 10.5 Å². The highest BCUT2D eigenvalue weighted by Gasteiger charge is 2.15. The van der Waals surface area contributed by atoms with Crippen molar-refractivity contribution in [2.24, 2.45) is 0 Å². The summed E-state index contributed by atoms with van der Waals surface area (Å²) in [5.74, 6) is 0. The van der Waals surface area contributed by atoms with Crippen LogP contribution in [0.5, 0.6) is 0 Å². The Balaban J connectivity index is 3.51. The quantitative estimate of drug-likeness (QED) is 0.286. The summed E-state index contributed by atoms with van der Waals surface area (Å²) in [5.41, 5.74) is 0.755. The van der Waals surface area contributed by atoms with Gasteiger partial charge in [-0.15, -0.1) is 0 Å². The van der Waals surface area contributed by atoms with E-state index in [4.69, 9.17) is 26.8 Å². The Kier molecular flexibility index (Phi) is 6.78. The van der Waals surface area contributed by atoms with Crippen LogP contribution >= 0.6 is 0 Å². The van der Waals surface area contributed by atoms with E-state index in [0.29, 0.717) is 5.56 Å². The minimum Gasteiger partial charge on any atom is -0.504 e. The van der Waals surface area contributed by atoms with Crippen LogP contribution in [-0.4, -0.2) is 17.3 Å². The zero-order valence-electron chi connectivity index (χ0n) is 12.3. The second-order valence-corrected chi connectivity index (χ2v) is 4.20. The molecular weight excluding hydrogens is 294 g/mol. The summed E-state index contributed by atoms with van der Waals surface area (Å²) in [5, 5.41) is 36.7. The number of nitriles is 2. The summed E-state index contributed by atoms with van der Waals surface area (Å²) in [6, 6.07) is 9.63. The minimum absolute atomic E-state index is 0.114. The van der Waals surface area contributed by atoms with Crippen molar-refractivity contribution in [1.82, 2.24) is 0 Å². The van der Waals surface area contributed by atoms with Gasteiger partial charge in [0.25, 0.3) is 5.70 Å². The molecule has 1 aromatic carbocycles. The van der Waals surface area contributed by atoms with Crippen molar-refractivity contribution in [3.63, 3.8) is 0 Å². The number of aliphatic hydroxyl groups excluding tert-OH is 1. The first kappa shape index (κ1) is 17.7. The summed E-state index contributed by atoms with van der Waals surface area (Å²) < 4.78 is 4.75. The molecule has 0 fully saturated rings. The fourth-order valence-corrected chi connectivity index (χ4v) is 1.77. The maximum Gasteiger partial charge on any atom is 0.270 e. The van der Waals surface area contributed by atoms with E-state index in [-0.39, 0.29) is 22.4 Å². The number of allylic oxidation sites excluding steroid dienone is 5. The van der Waals surface area contributed by atoms with Gasteiger partial charge in [0.1, 0.15) is 0 Å². The van der Waals surface area contributed by atoms with Gasteiger partial charge in [-0.3, -0.25) is 0 Å². The molecule has 0 saturated heterocycles. The molecule has 0 bridgehead atoms. The Bertz CT molecular complexity index is 751. The first-order chi connectivity index (χ1) is 11.1. The number of benzene rings is 1. The van der Waals surface area contributed by atoms with Crippen molar-refractivity contribution in [3.8, 4) is 12.1 Å². The van der Waals surface area contributed by atoms with Gasteiger partial charge in [-0.2, -0.15) is 5.26 Å². The molecule has 0 amide bonds. The largest absolute Gasteiger partial charge is 0.504 e. The van der Waals surface area contributed by atoms with E-state index in [1.165, 1.54) is 49.8 Å². The highest BCUT2D eigenvalue weighted by Crippen LogP contribution is 2.28. The molecule has 23 heavy (non-hydrogen) atoms. The Labute approximate surface area is 133 Å². The summed E-state index contributed by atoms with van der Waals surface area (Å²) in [4.78, 5) is 3.16. The molecule has 0 aromatic heterocycles. The smallest absolute Gasteiger partial charge is 0.270 e. The number of methoxy groups -OCH3 is 1. The molecule has 0 atom stereocenters. The van der Waals surface area contributed by atoms with E-state index in [0.717, 1.165) is 0 Å². The maximum absolute atomic E-state index is 9.32. The molecule has 0 aliphatic rings. The third-order valence-electron chi connectivity index (χ3n) is 2.82. The van der Waals surface area contributed by atoms with Gasteiger partial charge in [-0.25, -0.2) is 10.1 Å². The average molecular weight is 307 g/mol. The molecule has 0 radical (unpaired) electrons. The lowest BCUT2D eigenvalue weighted by atomic mass is 9.95. The molecule has 6 heteroatoms. The lowest BCUT2D eigenvalue weighted by Gasteiger charge is -2.09. The molecule has 0 unspecified atom stereocenters. The Morgan fingerprint density at radius 2 is 1.91 bits per heavy atom. The topological polar surface area (TPSA) is 102 Å². The lowest BCUT2D eigenvalue weighted by Crippen LogP contribution is -1.96. The first-order valence-corrected chi connectivity index (χ1v) is 6.37. The molecule has 114 valence electrons. The van der Waals surface area contributed by atoms with Crippen LogP contribution in [0.4, 0.5) is 0 Å². The molecule has 0 heterocycles. The second kappa shape index (κ2) is 8.81. The van der Waals surface area contributed by atoms with Crippen molar-refractivity contribution < 1.29 is 14.9 Å². The first-order valence-electron chi connectivity index (χ1n) is 6.37. The SMILES string of the molecule is [C-]#[N+]C(C#N)=C(C(C#N)=CC=COC)c1ccc(C(O)O)cc1. The van der Waals surface area contributed by atoms with Crippen molar-refractivity contribution in [2.45, 2.75) is 6.29 Å². The number of aliphatic hydroxyl groups is 2. The van der Waals surface area contributed by atoms with Gasteiger partial charge >= 0.3 is 0 Å². The zero-order chi connectivity index (χ0) is 17.2. The Morgan fingerprint density at radius 3 is 2.35 bits per heavy atom. The third kappa shape index (κ3) is 4.56. The molecule has 6 nitrogen and oxygen atoms in total. The lowest BCUT2D eigenvalue weighted by molar-refractivity contribution is -0.0424. The van der Waals surface area contributed by atoms with Crippen LogP contribution in [-0.2, 0) is 4.74 Å². The molecule has 1 rings (SSSR count). The highest BCUT2D eigenvalue weighted by molar-refractivity contribution is 5.88. The number of hydrogen-bond acceptors (Lipinski definition) is 5. The minimum atomic E-state index is -1.62. The van der Waals surface area contributed by atoms with Crippen molar-refractivity contribution in [3.05, 3.63) is 76.5 Å². The van der Waals surface area contributed by atoms with Crippen LogP contribution in [0.1, 0.15) is 17.4 Å². The van der Waals surface area contributed by atoms with Gasteiger partial charge in [0.05, 0.1) is 37.7 Å². The predicted molar refractivity (Wildman–Crippen MR) is 82.6 cm³/mol. The molecule has 1 aromatic rings. The van der Waals surface area contributed by atoms with Crippen LogP contribution in [0.15, 0.2) is 53.9 Å². The van der Waals surface area contributed by atoms with Crippen molar-refractivity contribution >= 4 is 5.57 Å². The van der Waals surface area contributed by atoms with Gasteiger partial charge < -0.3 is 14.9 Å². The predicted octanol–water partition coefficient (Wildman–Crippen LogP) is 2.43. The number of rotatable bonds is 5. The van der Waals surface area contributed by atoms with Crippen LogP contribution in [0, 0.1) is 29.2 Å². The Morgan fingerprint density at radius 1 is 1.26 bits per heavy atom. The summed E-state index contributed by atoms with van der Waals surface area (Å²) in [6.45, 7) is 7.12. The van der Waals surface area contributed by atoms with Crippen LogP contribution in [0.25, 0.3) is 10.4 Å². The van der Waals surface area contributed by atoms with Crippen LogP contribution in [0.2, 0.25) is 0 Å². The van der Waals surface area contributed by atoms with Crippen LogP contribution < -0.4 is 0 Å². The van der Waals surface area contributed by atoms with E-state index in [1.54, 1.807) is 6.07 Å². The summed E-state index contributed by atoms with van der Waals surface area (Å²) >= 11 is 0. The molecule has 0 spiro atoms. The highest BCUT2D eigenvalue weighted by atomic mass is 16.5. The van der Waals surface area contributed by atoms with Gasteiger partial charge in [0.15, 0.2) is 6.29 Å². The molecule has 0 saturated carbocycles. The molecule has 0 aliphatic carbocycles. The van der Waals surface area contributed by atoms with Gasteiger partial charge in [0.2, 0.25) is 0 Å². The maximum atomic E-state index is 9.32. The normalized spacial score (nSPS) is 12.3. The molecular formula is C17H13N3O3. The standard InChI is InChI=1S/C17H13N3O3/c1-20-15(11-19)16(14(10-18)4-3-9-23-2)12-5-7-13(8-6-12)17(21)22/h3-9,17,21-22H,2H3. The molecule has 0 aliphatic heterocycles. The molecule has 2 N–H and O–H groups in total. The van der Waals surface area contributed by atoms with E-state index >= 15 is 0 Å². The van der Waals surface area contributed by atoms with E-state index in [9.17, 15) is 5.26 Å². The van der Waals surface area contributed by atoms with Gasteiger partial charge in [-0.05, 0) is 17.7 Å². The number of ether oxygens (including phenoxy) is 1.